The molecule has 1 aliphatic heterocycles. The summed E-state index contributed by atoms with van der Waals surface area (Å²) in [7, 11) is 0. The Hall–Kier alpha value is -1.72. The van der Waals surface area contributed by atoms with Crippen LogP contribution in [0.15, 0.2) is 41.1 Å². The standard InChI is InChI=1S/C20H25FN2OS/c1-15(2)19-13-22(11-17-8-10-25-14-17)9-7-20(24)23(19)12-16-3-5-18(21)6-4-16/h3-6,8,10,14-15,19H,7,9,11-13H2,1-2H3/t19-/m1/s1. The van der Waals surface area contributed by atoms with Crippen LogP contribution in [0.4, 0.5) is 4.39 Å². The minimum absolute atomic E-state index is 0.165. The summed E-state index contributed by atoms with van der Waals surface area (Å²) >= 11 is 1.71. The fourth-order valence-corrected chi connectivity index (χ4v) is 4.04. The monoisotopic (exact) mass is 360 g/mol. The highest BCUT2D eigenvalue weighted by molar-refractivity contribution is 7.07. The molecule has 3 rings (SSSR count). The predicted molar refractivity (Wildman–Crippen MR) is 99.8 cm³/mol. The number of hydrogen-bond acceptors (Lipinski definition) is 3. The Bertz CT molecular complexity index is 684. The van der Waals surface area contributed by atoms with E-state index >= 15 is 0 Å². The number of carbonyl (C=O) groups is 1. The molecule has 0 bridgehead atoms. The zero-order chi connectivity index (χ0) is 17.8. The van der Waals surface area contributed by atoms with Crippen LogP contribution in [0.1, 0.15) is 31.4 Å². The molecule has 0 spiro atoms. The van der Waals surface area contributed by atoms with Crippen molar-refractivity contribution in [1.82, 2.24) is 9.80 Å². The number of hydrogen-bond donors (Lipinski definition) is 0. The van der Waals surface area contributed by atoms with Gasteiger partial charge in [0.1, 0.15) is 5.82 Å². The van der Waals surface area contributed by atoms with Crippen LogP contribution in [-0.2, 0) is 17.9 Å². The maximum atomic E-state index is 13.2. The van der Waals surface area contributed by atoms with Gasteiger partial charge in [0.05, 0.1) is 0 Å². The Kier molecular flexibility index (Phi) is 5.86. The lowest BCUT2D eigenvalue weighted by Crippen LogP contribution is -2.45. The van der Waals surface area contributed by atoms with E-state index < -0.39 is 0 Å². The van der Waals surface area contributed by atoms with Gasteiger partial charge in [0.15, 0.2) is 0 Å². The molecule has 3 nitrogen and oxygen atoms in total. The van der Waals surface area contributed by atoms with E-state index in [0.29, 0.717) is 18.9 Å². The van der Waals surface area contributed by atoms with Gasteiger partial charge in [-0.05, 0) is 46.0 Å². The third kappa shape index (κ3) is 4.67. The molecular weight excluding hydrogens is 335 g/mol. The molecular formula is C20H25FN2OS. The van der Waals surface area contributed by atoms with Gasteiger partial charge >= 0.3 is 0 Å². The molecule has 0 saturated carbocycles. The van der Waals surface area contributed by atoms with Crippen molar-refractivity contribution in [3.8, 4) is 0 Å². The Labute approximate surface area is 153 Å². The van der Waals surface area contributed by atoms with Gasteiger partial charge in [0.2, 0.25) is 5.91 Å². The number of carbonyl (C=O) groups excluding carboxylic acids is 1. The lowest BCUT2D eigenvalue weighted by molar-refractivity contribution is -0.134. The molecule has 2 heterocycles. The number of benzene rings is 1. The number of nitrogens with zero attached hydrogens (tertiary/aromatic N) is 2. The van der Waals surface area contributed by atoms with Gasteiger partial charge in [0.25, 0.3) is 0 Å². The largest absolute Gasteiger partial charge is 0.334 e. The predicted octanol–water partition coefficient (Wildman–Crippen LogP) is 4.15. The maximum absolute atomic E-state index is 13.2. The van der Waals surface area contributed by atoms with Gasteiger partial charge in [-0.3, -0.25) is 9.69 Å². The van der Waals surface area contributed by atoms with Crippen LogP contribution in [-0.4, -0.2) is 34.8 Å². The van der Waals surface area contributed by atoms with Gasteiger partial charge in [-0.25, -0.2) is 4.39 Å². The smallest absolute Gasteiger partial charge is 0.224 e. The van der Waals surface area contributed by atoms with E-state index in [1.807, 2.05) is 4.90 Å². The average Bonchev–Trinajstić information content (AvgIpc) is 3.04. The van der Waals surface area contributed by atoms with E-state index in [1.165, 1.54) is 17.7 Å². The van der Waals surface area contributed by atoms with Crippen LogP contribution in [0.2, 0.25) is 0 Å². The summed E-state index contributed by atoms with van der Waals surface area (Å²) in [6.07, 6.45) is 0.536. The van der Waals surface area contributed by atoms with Crippen LogP contribution < -0.4 is 0 Å². The lowest BCUT2D eigenvalue weighted by atomic mass is 10.0. The molecule has 0 radical (unpaired) electrons. The summed E-state index contributed by atoms with van der Waals surface area (Å²) in [5.41, 5.74) is 2.29. The fraction of sp³-hybridized carbons (Fsp3) is 0.450. The van der Waals surface area contributed by atoms with Gasteiger partial charge in [0, 0.05) is 38.6 Å². The Morgan fingerprint density at radius 1 is 1.16 bits per heavy atom. The summed E-state index contributed by atoms with van der Waals surface area (Å²) in [4.78, 5) is 17.2. The Morgan fingerprint density at radius 2 is 1.92 bits per heavy atom. The van der Waals surface area contributed by atoms with E-state index in [2.05, 4.69) is 35.6 Å². The molecule has 1 saturated heterocycles. The van der Waals surface area contributed by atoms with Crippen molar-refractivity contribution in [2.24, 2.45) is 5.92 Å². The van der Waals surface area contributed by atoms with Crippen molar-refractivity contribution in [2.75, 3.05) is 13.1 Å². The maximum Gasteiger partial charge on any atom is 0.224 e. The van der Waals surface area contributed by atoms with Crippen molar-refractivity contribution in [3.63, 3.8) is 0 Å². The van der Waals surface area contributed by atoms with E-state index in [-0.39, 0.29) is 17.8 Å². The zero-order valence-corrected chi connectivity index (χ0v) is 15.6. The van der Waals surface area contributed by atoms with E-state index in [0.717, 1.165) is 25.2 Å². The second kappa shape index (κ2) is 8.11. The third-order valence-corrected chi connectivity index (χ3v) is 5.56. The molecule has 1 amide bonds. The van der Waals surface area contributed by atoms with Crippen molar-refractivity contribution >= 4 is 17.2 Å². The number of rotatable bonds is 5. The summed E-state index contributed by atoms with van der Waals surface area (Å²) < 4.78 is 13.2. The second-order valence-electron chi connectivity index (χ2n) is 7.08. The summed E-state index contributed by atoms with van der Waals surface area (Å²) in [6.45, 7) is 7.45. The molecule has 1 aromatic heterocycles. The first-order chi connectivity index (χ1) is 12.0. The molecule has 25 heavy (non-hydrogen) atoms. The molecule has 134 valence electrons. The van der Waals surface area contributed by atoms with Gasteiger partial charge in [-0.15, -0.1) is 0 Å². The van der Waals surface area contributed by atoms with Gasteiger partial charge in [-0.1, -0.05) is 26.0 Å². The summed E-state index contributed by atoms with van der Waals surface area (Å²) in [5.74, 6) is 0.316. The van der Waals surface area contributed by atoms with Crippen LogP contribution in [0.3, 0.4) is 0 Å². The van der Waals surface area contributed by atoms with Crippen LogP contribution >= 0.6 is 11.3 Å². The third-order valence-electron chi connectivity index (χ3n) is 4.83. The molecule has 1 aliphatic rings. The highest BCUT2D eigenvalue weighted by Crippen LogP contribution is 2.22. The first-order valence-corrected chi connectivity index (χ1v) is 9.74. The van der Waals surface area contributed by atoms with Crippen molar-refractivity contribution in [1.29, 1.82) is 0 Å². The second-order valence-corrected chi connectivity index (χ2v) is 7.86. The Balaban J connectivity index is 1.76. The van der Waals surface area contributed by atoms with Crippen molar-refractivity contribution < 1.29 is 9.18 Å². The van der Waals surface area contributed by atoms with E-state index in [1.54, 1.807) is 23.5 Å². The molecule has 0 aliphatic carbocycles. The highest BCUT2D eigenvalue weighted by Gasteiger charge is 2.31. The van der Waals surface area contributed by atoms with Crippen LogP contribution in [0.5, 0.6) is 0 Å². The molecule has 1 fully saturated rings. The molecule has 1 aromatic carbocycles. The van der Waals surface area contributed by atoms with Crippen molar-refractivity contribution in [3.05, 3.63) is 58.0 Å². The van der Waals surface area contributed by atoms with Crippen molar-refractivity contribution in [2.45, 2.75) is 39.4 Å². The molecule has 0 N–H and O–H groups in total. The SMILES string of the molecule is CC(C)[C@H]1CN(Cc2ccsc2)CCC(=O)N1Cc1ccc(F)cc1. The van der Waals surface area contributed by atoms with Gasteiger partial charge in [-0.2, -0.15) is 11.3 Å². The lowest BCUT2D eigenvalue weighted by Gasteiger charge is -2.35. The molecule has 1 atom stereocenters. The molecule has 2 aromatic rings. The average molecular weight is 360 g/mol. The highest BCUT2D eigenvalue weighted by atomic mass is 32.1. The minimum Gasteiger partial charge on any atom is -0.334 e. The van der Waals surface area contributed by atoms with E-state index in [9.17, 15) is 9.18 Å². The van der Waals surface area contributed by atoms with Crippen LogP contribution in [0.25, 0.3) is 0 Å². The zero-order valence-electron chi connectivity index (χ0n) is 14.8. The Morgan fingerprint density at radius 3 is 2.56 bits per heavy atom. The minimum atomic E-state index is -0.242. The van der Waals surface area contributed by atoms with E-state index in [4.69, 9.17) is 0 Å². The molecule has 5 heteroatoms. The number of thiophene rings is 1. The van der Waals surface area contributed by atoms with Gasteiger partial charge < -0.3 is 4.90 Å². The topological polar surface area (TPSA) is 23.6 Å². The molecule has 0 unspecified atom stereocenters. The fourth-order valence-electron chi connectivity index (χ4n) is 3.38. The number of halogens is 1. The first-order valence-electron chi connectivity index (χ1n) is 8.80. The number of amides is 1. The normalized spacial score (nSPS) is 19.4. The summed E-state index contributed by atoms with van der Waals surface area (Å²) in [5, 5.41) is 4.27. The first kappa shape index (κ1) is 18.1. The quantitative estimate of drug-likeness (QED) is 0.800. The summed E-state index contributed by atoms with van der Waals surface area (Å²) in [6, 6.07) is 8.79. The van der Waals surface area contributed by atoms with Crippen LogP contribution in [0, 0.1) is 11.7 Å².